The third-order valence-electron chi connectivity index (χ3n) is 4.65. The van der Waals surface area contributed by atoms with Crippen molar-refractivity contribution in [3.05, 3.63) is 58.7 Å². The number of hydrogen-bond donors (Lipinski definition) is 0. The van der Waals surface area contributed by atoms with Crippen LogP contribution >= 0.6 is 0 Å². The van der Waals surface area contributed by atoms with Crippen molar-refractivity contribution in [2.75, 3.05) is 0 Å². The zero-order valence-corrected chi connectivity index (χ0v) is 11.8. The van der Waals surface area contributed by atoms with Gasteiger partial charge in [-0.25, -0.2) is 0 Å². The van der Waals surface area contributed by atoms with Gasteiger partial charge >= 0.3 is 0 Å². The molecule has 0 amide bonds. The lowest BCUT2D eigenvalue weighted by Crippen LogP contribution is -2.02. The molecule has 0 heterocycles. The summed E-state index contributed by atoms with van der Waals surface area (Å²) in [4.78, 5) is 0. The summed E-state index contributed by atoms with van der Waals surface area (Å²) in [7, 11) is 0. The summed E-state index contributed by atoms with van der Waals surface area (Å²) in [6.45, 7) is 0. The van der Waals surface area contributed by atoms with Crippen LogP contribution in [-0.2, 0) is 25.7 Å². The molecule has 0 atom stereocenters. The molecule has 0 bridgehead atoms. The maximum atomic E-state index is 6.19. The summed E-state index contributed by atoms with van der Waals surface area (Å²) < 4.78 is 6.19. The molecule has 20 heavy (non-hydrogen) atoms. The van der Waals surface area contributed by atoms with Gasteiger partial charge in [-0.1, -0.05) is 18.2 Å². The van der Waals surface area contributed by atoms with Gasteiger partial charge in [-0.15, -0.1) is 0 Å². The molecule has 0 N–H and O–H groups in total. The second-order valence-electron chi connectivity index (χ2n) is 5.99. The van der Waals surface area contributed by atoms with Crippen molar-refractivity contribution < 1.29 is 4.74 Å². The van der Waals surface area contributed by atoms with Crippen molar-refractivity contribution in [2.24, 2.45) is 0 Å². The number of ether oxygens (including phenoxy) is 1. The van der Waals surface area contributed by atoms with E-state index < -0.39 is 0 Å². The predicted molar refractivity (Wildman–Crippen MR) is 81.6 cm³/mol. The first-order chi connectivity index (χ1) is 9.90. The normalized spacial score (nSPS) is 16.6. The fraction of sp³-hybridized carbons (Fsp3) is 0.368. The highest BCUT2D eigenvalue weighted by Crippen LogP contribution is 2.34. The van der Waals surface area contributed by atoms with Gasteiger partial charge in [0.2, 0.25) is 0 Å². The molecule has 2 aliphatic carbocycles. The lowest BCUT2D eigenvalue weighted by molar-refractivity contribution is 0.475. The third-order valence-corrected chi connectivity index (χ3v) is 4.65. The Morgan fingerprint density at radius 2 is 1.55 bits per heavy atom. The summed E-state index contributed by atoms with van der Waals surface area (Å²) in [6.07, 6.45) is 8.72. The molecule has 2 aliphatic rings. The summed E-state index contributed by atoms with van der Waals surface area (Å²) in [5, 5.41) is 0. The van der Waals surface area contributed by atoms with E-state index in [4.69, 9.17) is 4.74 Å². The minimum Gasteiger partial charge on any atom is -0.457 e. The zero-order chi connectivity index (χ0) is 13.4. The van der Waals surface area contributed by atoms with E-state index in [1.807, 2.05) is 0 Å². The number of fused-ring (bicyclic) bond motifs is 2. The molecule has 2 aromatic carbocycles. The predicted octanol–water partition coefficient (Wildman–Crippen LogP) is 4.85. The van der Waals surface area contributed by atoms with Crippen LogP contribution in [0.5, 0.6) is 11.5 Å². The summed E-state index contributed by atoms with van der Waals surface area (Å²) in [5.74, 6) is 2.07. The lowest BCUT2D eigenvalue weighted by Gasteiger charge is -2.17. The first-order valence-electron chi connectivity index (χ1n) is 7.80. The molecule has 2 aromatic rings. The second kappa shape index (κ2) is 4.97. The van der Waals surface area contributed by atoms with Crippen LogP contribution in [0.1, 0.15) is 41.5 Å². The Morgan fingerprint density at radius 3 is 2.50 bits per heavy atom. The van der Waals surface area contributed by atoms with E-state index in [1.165, 1.54) is 60.8 Å². The van der Waals surface area contributed by atoms with Crippen LogP contribution in [0.25, 0.3) is 0 Å². The summed E-state index contributed by atoms with van der Waals surface area (Å²) >= 11 is 0. The maximum absolute atomic E-state index is 6.19. The van der Waals surface area contributed by atoms with Crippen LogP contribution in [-0.4, -0.2) is 0 Å². The maximum Gasteiger partial charge on any atom is 0.130 e. The molecular formula is C19H20O. The highest BCUT2D eigenvalue weighted by Gasteiger charge is 2.16. The first kappa shape index (κ1) is 12.0. The highest BCUT2D eigenvalue weighted by atomic mass is 16.5. The minimum absolute atomic E-state index is 1.01. The average Bonchev–Trinajstić information content (AvgIpc) is 2.97. The average molecular weight is 264 g/mol. The van der Waals surface area contributed by atoms with Crippen LogP contribution in [0.15, 0.2) is 36.4 Å². The number of rotatable bonds is 2. The molecule has 0 aliphatic heterocycles. The molecule has 0 saturated heterocycles. The van der Waals surface area contributed by atoms with Crippen molar-refractivity contribution in [1.29, 1.82) is 0 Å². The fourth-order valence-electron chi connectivity index (χ4n) is 3.58. The van der Waals surface area contributed by atoms with Crippen LogP contribution in [0.2, 0.25) is 0 Å². The Kier molecular flexibility index (Phi) is 2.99. The number of benzene rings is 2. The van der Waals surface area contributed by atoms with Crippen molar-refractivity contribution in [2.45, 2.75) is 44.9 Å². The van der Waals surface area contributed by atoms with E-state index >= 15 is 0 Å². The van der Waals surface area contributed by atoms with E-state index in [0.717, 1.165) is 17.9 Å². The van der Waals surface area contributed by atoms with Gasteiger partial charge in [0.1, 0.15) is 11.5 Å². The molecule has 0 fully saturated rings. The Morgan fingerprint density at radius 1 is 0.700 bits per heavy atom. The largest absolute Gasteiger partial charge is 0.457 e. The first-order valence-corrected chi connectivity index (χ1v) is 7.80. The van der Waals surface area contributed by atoms with Crippen molar-refractivity contribution in [3.8, 4) is 11.5 Å². The Labute approximate surface area is 120 Å². The molecule has 0 saturated carbocycles. The zero-order valence-electron chi connectivity index (χ0n) is 11.8. The molecule has 0 spiro atoms. The quantitative estimate of drug-likeness (QED) is 0.753. The third kappa shape index (κ3) is 2.11. The molecule has 102 valence electrons. The van der Waals surface area contributed by atoms with Gasteiger partial charge in [-0.3, -0.25) is 0 Å². The highest BCUT2D eigenvalue weighted by molar-refractivity contribution is 5.46. The molecule has 0 unspecified atom stereocenters. The summed E-state index contributed by atoms with van der Waals surface area (Å²) in [6, 6.07) is 13.1. The Balaban J connectivity index is 1.65. The Bertz CT molecular complexity index is 642. The number of hydrogen-bond acceptors (Lipinski definition) is 1. The van der Waals surface area contributed by atoms with E-state index in [-0.39, 0.29) is 0 Å². The van der Waals surface area contributed by atoms with Gasteiger partial charge in [-0.05, 0) is 85.4 Å². The molecule has 0 aromatic heterocycles. The SMILES string of the molecule is c1cc2c(c(Oc3ccc4c(c3)CCCC4)c1)CCC2. The van der Waals surface area contributed by atoms with Crippen LogP contribution in [0, 0.1) is 0 Å². The monoisotopic (exact) mass is 264 g/mol. The van der Waals surface area contributed by atoms with E-state index in [9.17, 15) is 0 Å². The fourth-order valence-corrected chi connectivity index (χ4v) is 3.58. The lowest BCUT2D eigenvalue weighted by atomic mass is 9.92. The molecule has 1 heteroatoms. The van der Waals surface area contributed by atoms with E-state index in [2.05, 4.69) is 36.4 Å². The van der Waals surface area contributed by atoms with Crippen LogP contribution in [0.3, 0.4) is 0 Å². The van der Waals surface area contributed by atoms with Crippen LogP contribution in [0.4, 0.5) is 0 Å². The minimum atomic E-state index is 1.01. The van der Waals surface area contributed by atoms with Crippen molar-refractivity contribution in [1.82, 2.24) is 0 Å². The van der Waals surface area contributed by atoms with Gasteiger partial charge < -0.3 is 4.74 Å². The number of aryl methyl sites for hydroxylation is 3. The standard InChI is InChI=1S/C19H20O/c1-2-6-16-13-17(12-11-14(16)5-1)20-19-10-4-8-15-7-3-9-18(15)19/h4,8,10-13H,1-3,5-7,9H2. The smallest absolute Gasteiger partial charge is 0.130 e. The van der Waals surface area contributed by atoms with Crippen molar-refractivity contribution >= 4 is 0 Å². The van der Waals surface area contributed by atoms with Gasteiger partial charge in [0.05, 0.1) is 0 Å². The molecule has 0 radical (unpaired) electrons. The topological polar surface area (TPSA) is 9.23 Å². The van der Waals surface area contributed by atoms with E-state index in [1.54, 1.807) is 0 Å². The van der Waals surface area contributed by atoms with Gasteiger partial charge in [0, 0.05) is 0 Å². The van der Waals surface area contributed by atoms with Gasteiger partial charge in [-0.2, -0.15) is 0 Å². The molecule has 1 nitrogen and oxygen atoms in total. The van der Waals surface area contributed by atoms with Gasteiger partial charge in [0.15, 0.2) is 0 Å². The summed E-state index contributed by atoms with van der Waals surface area (Å²) in [5.41, 5.74) is 5.90. The van der Waals surface area contributed by atoms with Crippen LogP contribution < -0.4 is 4.74 Å². The molecular weight excluding hydrogens is 244 g/mol. The van der Waals surface area contributed by atoms with Gasteiger partial charge in [0.25, 0.3) is 0 Å². The molecule has 4 rings (SSSR count). The second-order valence-corrected chi connectivity index (χ2v) is 5.99. The van der Waals surface area contributed by atoms with E-state index in [0.29, 0.717) is 0 Å². The van der Waals surface area contributed by atoms with Crippen molar-refractivity contribution in [3.63, 3.8) is 0 Å². The Hall–Kier alpha value is -1.76.